The Kier molecular flexibility index (Phi) is 9.13. The molecular formula is C31H32BrN3O3. The predicted octanol–water partition coefficient (Wildman–Crippen LogP) is 7.01. The molecule has 3 aromatic carbocycles. The van der Waals surface area contributed by atoms with Crippen LogP contribution in [0, 0.1) is 6.92 Å². The standard InChI is InChI=1S/C31H32BrN3O3/c1-5-7-9-29-34-27-15-14-25(32)18-26(27)31(36)35(29)33-19-23-16-24(8-6-2)30(28(17-23)37-4)38-20-22-12-10-21(3)11-13-22/h6,10-19H,2,5,7-9,20H2,1,3-4H3. The summed E-state index contributed by atoms with van der Waals surface area (Å²) < 4.78 is 14.1. The maximum absolute atomic E-state index is 13.4. The molecule has 0 amide bonds. The van der Waals surface area contributed by atoms with Crippen molar-refractivity contribution in [2.75, 3.05) is 7.11 Å². The summed E-state index contributed by atoms with van der Waals surface area (Å²) in [5, 5.41) is 5.11. The highest BCUT2D eigenvalue weighted by atomic mass is 79.9. The third kappa shape index (κ3) is 6.40. The van der Waals surface area contributed by atoms with E-state index >= 15 is 0 Å². The molecule has 0 aliphatic rings. The summed E-state index contributed by atoms with van der Waals surface area (Å²) in [4.78, 5) is 18.2. The molecule has 0 spiro atoms. The molecule has 7 heteroatoms. The molecule has 1 aromatic heterocycles. The van der Waals surface area contributed by atoms with Crippen molar-refractivity contribution < 1.29 is 9.47 Å². The first-order valence-electron chi connectivity index (χ1n) is 12.7. The smallest absolute Gasteiger partial charge is 0.282 e. The van der Waals surface area contributed by atoms with E-state index < -0.39 is 0 Å². The van der Waals surface area contributed by atoms with Gasteiger partial charge in [0.25, 0.3) is 5.56 Å². The van der Waals surface area contributed by atoms with Crippen LogP contribution >= 0.6 is 15.9 Å². The summed E-state index contributed by atoms with van der Waals surface area (Å²) in [5.41, 5.74) is 4.45. The van der Waals surface area contributed by atoms with E-state index in [1.165, 1.54) is 10.2 Å². The number of aryl methyl sites for hydroxylation is 2. The van der Waals surface area contributed by atoms with E-state index in [9.17, 15) is 4.79 Å². The van der Waals surface area contributed by atoms with Gasteiger partial charge in [-0.1, -0.05) is 65.2 Å². The minimum absolute atomic E-state index is 0.199. The first kappa shape index (κ1) is 27.3. The van der Waals surface area contributed by atoms with Crippen LogP contribution in [0.2, 0.25) is 0 Å². The molecule has 38 heavy (non-hydrogen) atoms. The van der Waals surface area contributed by atoms with Crippen LogP contribution < -0.4 is 15.0 Å². The normalized spacial score (nSPS) is 11.3. The fourth-order valence-corrected chi connectivity index (χ4v) is 4.52. The SMILES string of the molecule is C=CCc1cc(C=Nn2c(CCCC)nc3ccc(Br)cc3c2=O)cc(OC)c1OCc1ccc(C)cc1. The van der Waals surface area contributed by atoms with E-state index in [2.05, 4.69) is 65.7 Å². The minimum atomic E-state index is -0.199. The van der Waals surface area contributed by atoms with Crippen LogP contribution in [0.1, 0.15) is 47.8 Å². The lowest BCUT2D eigenvalue weighted by Crippen LogP contribution is -2.22. The molecular weight excluding hydrogens is 542 g/mol. The Morgan fingerprint density at radius 3 is 2.63 bits per heavy atom. The topological polar surface area (TPSA) is 65.7 Å². The zero-order valence-electron chi connectivity index (χ0n) is 22.0. The maximum Gasteiger partial charge on any atom is 0.282 e. The molecule has 0 unspecified atom stereocenters. The number of aromatic nitrogens is 2. The Morgan fingerprint density at radius 2 is 1.92 bits per heavy atom. The summed E-state index contributed by atoms with van der Waals surface area (Å²) in [6, 6.07) is 17.6. The maximum atomic E-state index is 13.4. The quantitative estimate of drug-likeness (QED) is 0.143. The highest BCUT2D eigenvalue weighted by Crippen LogP contribution is 2.34. The second kappa shape index (κ2) is 12.7. The van der Waals surface area contributed by atoms with Crippen molar-refractivity contribution in [3.63, 3.8) is 0 Å². The number of hydrogen-bond donors (Lipinski definition) is 0. The van der Waals surface area contributed by atoms with Crippen LogP contribution in [-0.4, -0.2) is 23.0 Å². The molecule has 4 aromatic rings. The summed E-state index contributed by atoms with van der Waals surface area (Å²) in [6.45, 7) is 8.49. The number of allylic oxidation sites excluding steroid dienone is 1. The zero-order valence-corrected chi connectivity index (χ0v) is 23.6. The van der Waals surface area contributed by atoms with Gasteiger partial charge in [0.2, 0.25) is 0 Å². The van der Waals surface area contributed by atoms with Crippen molar-refractivity contribution in [2.45, 2.75) is 46.1 Å². The molecule has 0 atom stereocenters. The largest absolute Gasteiger partial charge is 0.493 e. The lowest BCUT2D eigenvalue weighted by atomic mass is 10.1. The van der Waals surface area contributed by atoms with Gasteiger partial charge in [0, 0.05) is 16.5 Å². The van der Waals surface area contributed by atoms with E-state index in [-0.39, 0.29) is 5.56 Å². The van der Waals surface area contributed by atoms with Gasteiger partial charge in [-0.2, -0.15) is 9.78 Å². The predicted molar refractivity (Wildman–Crippen MR) is 158 cm³/mol. The van der Waals surface area contributed by atoms with Gasteiger partial charge < -0.3 is 9.47 Å². The average Bonchev–Trinajstić information content (AvgIpc) is 2.92. The third-order valence-electron chi connectivity index (χ3n) is 6.19. The molecule has 0 N–H and O–H groups in total. The first-order valence-corrected chi connectivity index (χ1v) is 13.5. The van der Waals surface area contributed by atoms with Gasteiger partial charge in [0.15, 0.2) is 11.5 Å². The molecule has 0 aliphatic carbocycles. The van der Waals surface area contributed by atoms with Crippen LogP contribution in [0.3, 0.4) is 0 Å². The molecule has 0 saturated heterocycles. The Hall–Kier alpha value is -3.71. The number of halogens is 1. The Morgan fingerprint density at radius 1 is 1.13 bits per heavy atom. The molecule has 4 rings (SSSR count). The fraction of sp³-hybridized carbons (Fsp3) is 0.258. The lowest BCUT2D eigenvalue weighted by molar-refractivity contribution is 0.282. The van der Waals surface area contributed by atoms with Crippen LogP contribution in [-0.2, 0) is 19.4 Å². The van der Waals surface area contributed by atoms with E-state index in [4.69, 9.17) is 14.5 Å². The number of hydrogen-bond acceptors (Lipinski definition) is 5. The van der Waals surface area contributed by atoms with Gasteiger partial charge in [0.05, 0.1) is 24.2 Å². The minimum Gasteiger partial charge on any atom is -0.493 e. The molecule has 1 heterocycles. The van der Waals surface area contributed by atoms with Crippen LogP contribution in [0.15, 0.2) is 81.6 Å². The molecule has 0 bridgehead atoms. The van der Waals surface area contributed by atoms with Crippen molar-refractivity contribution in [2.24, 2.45) is 5.10 Å². The van der Waals surface area contributed by atoms with Gasteiger partial charge in [-0.25, -0.2) is 4.98 Å². The fourth-order valence-electron chi connectivity index (χ4n) is 4.16. The van der Waals surface area contributed by atoms with Crippen molar-refractivity contribution >= 4 is 33.0 Å². The van der Waals surface area contributed by atoms with Gasteiger partial charge in [-0.15, -0.1) is 6.58 Å². The van der Waals surface area contributed by atoms with Crippen molar-refractivity contribution in [3.05, 3.63) is 110 Å². The third-order valence-corrected chi connectivity index (χ3v) is 6.69. The van der Waals surface area contributed by atoms with Gasteiger partial charge in [-0.3, -0.25) is 4.79 Å². The van der Waals surface area contributed by atoms with Crippen LogP contribution in [0.25, 0.3) is 10.9 Å². The average molecular weight is 575 g/mol. The van der Waals surface area contributed by atoms with Crippen molar-refractivity contribution in [1.29, 1.82) is 0 Å². The number of nitrogens with zero attached hydrogens (tertiary/aromatic N) is 3. The summed E-state index contributed by atoms with van der Waals surface area (Å²) >= 11 is 3.46. The molecule has 0 fully saturated rings. The zero-order chi connectivity index (χ0) is 27.1. The number of ether oxygens (including phenoxy) is 2. The van der Waals surface area contributed by atoms with E-state index in [0.717, 1.165) is 34.0 Å². The van der Waals surface area contributed by atoms with Crippen molar-refractivity contribution in [1.82, 2.24) is 9.66 Å². The molecule has 0 radical (unpaired) electrons. The summed E-state index contributed by atoms with van der Waals surface area (Å²) in [5.74, 6) is 1.90. The number of fused-ring (bicyclic) bond motifs is 1. The highest BCUT2D eigenvalue weighted by molar-refractivity contribution is 9.10. The number of rotatable bonds is 11. The van der Waals surface area contributed by atoms with E-state index in [1.54, 1.807) is 19.4 Å². The summed E-state index contributed by atoms with van der Waals surface area (Å²) in [6.07, 6.45) is 6.65. The van der Waals surface area contributed by atoms with Crippen LogP contribution in [0.5, 0.6) is 11.5 Å². The van der Waals surface area contributed by atoms with Gasteiger partial charge in [-0.05, 0) is 61.2 Å². The number of methoxy groups -OCH3 is 1. The Balaban J connectivity index is 1.72. The Labute approximate surface area is 231 Å². The molecule has 0 saturated carbocycles. The number of benzene rings is 3. The van der Waals surface area contributed by atoms with Gasteiger partial charge >= 0.3 is 0 Å². The number of unbranched alkanes of at least 4 members (excludes halogenated alkanes) is 1. The molecule has 6 nitrogen and oxygen atoms in total. The van der Waals surface area contributed by atoms with Crippen molar-refractivity contribution in [3.8, 4) is 11.5 Å². The van der Waals surface area contributed by atoms with Crippen LogP contribution in [0.4, 0.5) is 0 Å². The van der Waals surface area contributed by atoms with E-state index in [0.29, 0.717) is 47.7 Å². The molecule has 196 valence electrons. The second-order valence-corrected chi connectivity index (χ2v) is 10.0. The Bertz CT molecular complexity index is 1520. The second-order valence-electron chi connectivity index (χ2n) is 9.13. The monoisotopic (exact) mass is 573 g/mol. The molecule has 0 aliphatic heterocycles. The highest BCUT2D eigenvalue weighted by Gasteiger charge is 2.14. The lowest BCUT2D eigenvalue weighted by Gasteiger charge is -2.16. The van der Waals surface area contributed by atoms with E-state index in [1.807, 2.05) is 30.3 Å². The van der Waals surface area contributed by atoms with Gasteiger partial charge in [0.1, 0.15) is 12.4 Å². The summed E-state index contributed by atoms with van der Waals surface area (Å²) in [7, 11) is 1.62. The first-order chi connectivity index (χ1) is 18.4.